The van der Waals surface area contributed by atoms with Crippen LogP contribution in [-0.4, -0.2) is 53.3 Å². The summed E-state index contributed by atoms with van der Waals surface area (Å²) in [6.07, 6.45) is 4.91. The largest absolute Gasteiger partial charge is 0.386 e. The van der Waals surface area contributed by atoms with Gasteiger partial charge < -0.3 is 14.9 Å². The quantitative estimate of drug-likeness (QED) is 0.904. The second-order valence-corrected chi connectivity index (χ2v) is 7.76. The Morgan fingerprint density at radius 1 is 1.39 bits per heavy atom. The van der Waals surface area contributed by atoms with Gasteiger partial charge in [0.05, 0.1) is 17.5 Å². The highest BCUT2D eigenvalue weighted by atomic mass is 16.3. The van der Waals surface area contributed by atoms with Gasteiger partial charge in [0.2, 0.25) is 0 Å². The molecular formula is C19H33N3O. The lowest BCUT2D eigenvalue weighted by Crippen LogP contribution is -2.65. The van der Waals surface area contributed by atoms with Gasteiger partial charge in [-0.15, -0.1) is 0 Å². The normalized spacial score (nSPS) is 24.1. The summed E-state index contributed by atoms with van der Waals surface area (Å²) < 4.78 is 0. The number of nitrogens with zero attached hydrogens (tertiary/aromatic N) is 3. The fraction of sp³-hybridized carbons (Fsp3) is 0.737. The van der Waals surface area contributed by atoms with Crippen molar-refractivity contribution in [2.45, 2.75) is 64.0 Å². The fourth-order valence-electron chi connectivity index (χ4n) is 3.26. The van der Waals surface area contributed by atoms with E-state index in [-0.39, 0.29) is 5.54 Å². The summed E-state index contributed by atoms with van der Waals surface area (Å²) in [5.41, 5.74) is 1.28. The minimum absolute atomic E-state index is 0.268. The highest BCUT2D eigenvalue weighted by Gasteiger charge is 2.47. The molecule has 1 N–H and O–H groups in total. The van der Waals surface area contributed by atoms with Crippen LogP contribution in [0.2, 0.25) is 0 Å². The third-order valence-corrected chi connectivity index (χ3v) is 5.98. The summed E-state index contributed by atoms with van der Waals surface area (Å²) in [5.74, 6) is 0.495. The Balaban J connectivity index is 2.18. The van der Waals surface area contributed by atoms with Crippen molar-refractivity contribution < 1.29 is 5.11 Å². The van der Waals surface area contributed by atoms with Crippen LogP contribution in [-0.2, 0) is 0 Å². The van der Waals surface area contributed by atoms with Crippen LogP contribution in [0.25, 0.3) is 0 Å². The van der Waals surface area contributed by atoms with Gasteiger partial charge in [0, 0.05) is 24.3 Å². The second kappa shape index (κ2) is 6.78. The smallest absolute Gasteiger partial charge is 0.0999 e. The maximum absolute atomic E-state index is 11.3. The van der Waals surface area contributed by atoms with Crippen molar-refractivity contribution in [3.63, 3.8) is 0 Å². The Morgan fingerprint density at radius 3 is 2.61 bits per heavy atom. The molecule has 0 aliphatic carbocycles. The number of rotatable bonds is 5. The number of hydrogen-bond acceptors (Lipinski definition) is 4. The van der Waals surface area contributed by atoms with Crippen molar-refractivity contribution >= 4 is 5.69 Å². The molecule has 1 aliphatic heterocycles. The van der Waals surface area contributed by atoms with E-state index in [1.54, 1.807) is 0 Å². The SMILES string of the molecule is CCC(C)c1ccc(N2CCC[C@@](O)(C(C)(C)N(C)C)C2)cn1. The van der Waals surface area contributed by atoms with Crippen LogP contribution >= 0.6 is 0 Å². The molecule has 0 spiro atoms. The number of hydrogen-bond donors (Lipinski definition) is 1. The van der Waals surface area contributed by atoms with E-state index in [4.69, 9.17) is 0 Å². The molecule has 0 aromatic carbocycles. The van der Waals surface area contributed by atoms with Gasteiger partial charge in [0.1, 0.15) is 0 Å². The maximum atomic E-state index is 11.3. The number of aliphatic hydroxyl groups is 1. The van der Waals surface area contributed by atoms with E-state index in [1.165, 1.54) is 0 Å². The number of likely N-dealkylation sites (N-methyl/N-ethyl adjacent to an activating group) is 1. The molecule has 1 aliphatic rings. The Hall–Kier alpha value is -1.13. The lowest BCUT2D eigenvalue weighted by atomic mass is 9.76. The number of pyridine rings is 1. The molecular weight excluding hydrogens is 286 g/mol. The van der Waals surface area contributed by atoms with E-state index in [0.29, 0.717) is 12.5 Å². The van der Waals surface area contributed by atoms with Crippen LogP contribution in [0, 0.1) is 0 Å². The minimum atomic E-state index is -0.718. The van der Waals surface area contributed by atoms with Crippen molar-refractivity contribution in [3.8, 4) is 0 Å². The summed E-state index contributed by atoms with van der Waals surface area (Å²) in [5, 5.41) is 11.3. The first-order valence-corrected chi connectivity index (χ1v) is 8.82. The van der Waals surface area contributed by atoms with Gasteiger partial charge in [-0.05, 0) is 65.3 Å². The van der Waals surface area contributed by atoms with Crippen LogP contribution in [0.15, 0.2) is 18.3 Å². The summed E-state index contributed by atoms with van der Waals surface area (Å²) in [4.78, 5) is 9.04. The molecule has 0 radical (unpaired) electrons. The van der Waals surface area contributed by atoms with Crippen molar-refractivity contribution in [2.75, 3.05) is 32.1 Å². The van der Waals surface area contributed by atoms with Gasteiger partial charge in [0.25, 0.3) is 0 Å². The molecule has 1 saturated heterocycles. The van der Waals surface area contributed by atoms with E-state index in [0.717, 1.165) is 37.2 Å². The van der Waals surface area contributed by atoms with E-state index in [9.17, 15) is 5.11 Å². The zero-order valence-electron chi connectivity index (χ0n) is 15.6. The third kappa shape index (κ3) is 3.53. The predicted molar refractivity (Wildman–Crippen MR) is 97.1 cm³/mol. The second-order valence-electron chi connectivity index (χ2n) is 7.76. The standard InChI is InChI=1S/C19H33N3O/c1-7-15(2)17-10-9-16(13-20-17)22-12-8-11-19(23,14-22)18(3,4)21(5)6/h9-10,13,15,23H,7-8,11-12,14H2,1-6H3/t15?,19-/m0/s1. The zero-order chi connectivity index (χ0) is 17.3. The molecule has 4 nitrogen and oxygen atoms in total. The minimum Gasteiger partial charge on any atom is -0.386 e. The molecule has 130 valence electrons. The van der Waals surface area contributed by atoms with Crippen molar-refractivity contribution in [1.29, 1.82) is 0 Å². The Labute approximate surface area is 141 Å². The van der Waals surface area contributed by atoms with Gasteiger partial charge in [-0.3, -0.25) is 4.98 Å². The molecule has 0 bridgehead atoms. The van der Waals surface area contributed by atoms with Crippen molar-refractivity contribution in [3.05, 3.63) is 24.0 Å². The first kappa shape index (κ1) is 18.2. The number of anilines is 1. The molecule has 4 heteroatoms. The fourth-order valence-corrected chi connectivity index (χ4v) is 3.26. The molecule has 0 saturated carbocycles. The van der Waals surface area contributed by atoms with E-state index in [2.05, 4.69) is 54.6 Å². The van der Waals surface area contributed by atoms with Crippen molar-refractivity contribution in [1.82, 2.24) is 9.88 Å². The monoisotopic (exact) mass is 319 g/mol. The summed E-state index contributed by atoms with van der Waals surface area (Å²) >= 11 is 0. The van der Waals surface area contributed by atoms with Gasteiger partial charge >= 0.3 is 0 Å². The first-order chi connectivity index (χ1) is 10.7. The van der Waals surface area contributed by atoms with Crippen LogP contribution in [0.1, 0.15) is 58.6 Å². The van der Waals surface area contributed by atoms with Gasteiger partial charge in [-0.2, -0.15) is 0 Å². The third-order valence-electron chi connectivity index (χ3n) is 5.98. The van der Waals surface area contributed by atoms with Crippen LogP contribution in [0.3, 0.4) is 0 Å². The van der Waals surface area contributed by atoms with Crippen LogP contribution in [0.5, 0.6) is 0 Å². The van der Waals surface area contributed by atoms with Crippen LogP contribution < -0.4 is 4.90 Å². The zero-order valence-corrected chi connectivity index (χ0v) is 15.6. The van der Waals surface area contributed by atoms with Gasteiger partial charge in [0.15, 0.2) is 0 Å². The highest BCUT2D eigenvalue weighted by Crippen LogP contribution is 2.36. The van der Waals surface area contributed by atoms with Gasteiger partial charge in [-0.25, -0.2) is 0 Å². The molecule has 2 rings (SSSR count). The summed E-state index contributed by atoms with van der Waals surface area (Å²) in [7, 11) is 4.08. The van der Waals surface area contributed by atoms with E-state index in [1.807, 2.05) is 20.3 Å². The van der Waals surface area contributed by atoms with Crippen molar-refractivity contribution in [2.24, 2.45) is 0 Å². The Morgan fingerprint density at radius 2 is 2.09 bits per heavy atom. The van der Waals surface area contributed by atoms with E-state index < -0.39 is 5.60 Å². The molecule has 23 heavy (non-hydrogen) atoms. The molecule has 2 heterocycles. The number of piperidine rings is 1. The highest BCUT2D eigenvalue weighted by molar-refractivity contribution is 5.46. The Bertz CT molecular complexity index is 512. The maximum Gasteiger partial charge on any atom is 0.0999 e. The lowest BCUT2D eigenvalue weighted by Gasteiger charge is -2.52. The summed E-state index contributed by atoms with van der Waals surface area (Å²) in [6.45, 7) is 10.3. The molecule has 1 aromatic rings. The molecule has 1 aromatic heterocycles. The predicted octanol–water partition coefficient (Wildman–Crippen LogP) is 3.27. The number of aromatic nitrogens is 1. The van der Waals surface area contributed by atoms with E-state index >= 15 is 0 Å². The summed E-state index contributed by atoms with van der Waals surface area (Å²) in [6, 6.07) is 4.29. The molecule has 1 fully saturated rings. The lowest BCUT2D eigenvalue weighted by molar-refractivity contribution is -0.0882. The average molecular weight is 319 g/mol. The average Bonchev–Trinajstić information content (AvgIpc) is 2.54. The van der Waals surface area contributed by atoms with Gasteiger partial charge in [-0.1, -0.05) is 13.8 Å². The molecule has 0 amide bonds. The van der Waals surface area contributed by atoms with Crippen LogP contribution in [0.4, 0.5) is 5.69 Å². The first-order valence-electron chi connectivity index (χ1n) is 8.82. The Kier molecular flexibility index (Phi) is 5.37. The number of β-amino-alcohol motifs (C(OH)–C–C–N with tert-alkyl or cyclic N) is 1. The molecule has 2 atom stereocenters. The topological polar surface area (TPSA) is 39.6 Å². The molecule has 1 unspecified atom stereocenters.